The van der Waals surface area contributed by atoms with Gasteiger partial charge in [0.1, 0.15) is 17.3 Å². The minimum absolute atomic E-state index is 0.298. The van der Waals surface area contributed by atoms with Gasteiger partial charge in [0.2, 0.25) is 0 Å². The second-order valence-electron chi connectivity index (χ2n) is 7.89. The molecule has 4 rings (SSSR count). The molecule has 0 bridgehead atoms. The van der Waals surface area contributed by atoms with Gasteiger partial charge in [0.05, 0.1) is 19.4 Å². The third-order valence-electron chi connectivity index (χ3n) is 6.05. The molecule has 6 heteroatoms. The molecule has 1 N–H and O–H groups in total. The van der Waals surface area contributed by atoms with Gasteiger partial charge in [-0.1, -0.05) is 18.1 Å². The van der Waals surface area contributed by atoms with Gasteiger partial charge in [0.25, 0.3) is 0 Å². The van der Waals surface area contributed by atoms with Crippen LogP contribution in [-0.2, 0) is 6.42 Å². The molecule has 1 saturated heterocycles. The summed E-state index contributed by atoms with van der Waals surface area (Å²) in [5.41, 5.74) is 2.66. The summed E-state index contributed by atoms with van der Waals surface area (Å²) >= 11 is 0. The van der Waals surface area contributed by atoms with Crippen LogP contribution in [-0.4, -0.2) is 32.0 Å². The molecule has 0 aliphatic carbocycles. The highest BCUT2D eigenvalue weighted by molar-refractivity contribution is 5.80. The lowest BCUT2D eigenvalue weighted by molar-refractivity contribution is 0.252. The number of methoxy groups -OCH3 is 1. The number of fused-ring (bicyclic) bond motifs is 1. The van der Waals surface area contributed by atoms with E-state index in [1.165, 1.54) is 17.7 Å². The van der Waals surface area contributed by atoms with E-state index in [4.69, 9.17) is 14.0 Å². The van der Waals surface area contributed by atoms with E-state index in [1.54, 1.807) is 13.2 Å². The fourth-order valence-electron chi connectivity index (χ4n) is 4.43. The number of nitrogens with zero attached hydrogens (tertiary/aromatic N) is 1. The Balaban J connectivity index is 1.37. The highest BCUT2D eigenvalue weighted by Crippen LogP contribution is 2.36. The van der Waals surface area contributed by atoms with Crippen molar-refractivity contribution < 1.29 is 18.4 Å². The lowest BCUT2D eigenvalue weighted by Crippen LogP contribution is -2.35. The fraction of sp³-hybridized carbons (Fsp3) is 0.458. The number of nitrogens with one attached hydrogen (secondary N) is 1. The van der Waals surface area contributed by atoms with Crippen LogP contribution in [0, 0.1) is 11.7 Å². The molecule has 2 aromatic carbocycles. The van der Waals surface area contributed by atoms with Crippen molar-refractivity contribution in [3.63, 3.8) is 0 Å². The third-order valence-corrected chi connectivity index (χ3v) is 6.05. The molecule has 30 heavy (non-hydrogen) atoms. The minimum Gasteiger partial charge on any atom is -0.496 e. The van der Waals surface area contributed by atoms with Crippen molar-refractivity contribution in [2.75, 3.05) is 26.8 Å². The normalized spacial score (nSPS) is 19.2. The summed E-state index contributed by atoms with van der Waals surface area (Å²) in [6.45, 7) is 4.67. The first-order valence-electron chi connectivity index (χ1n) is 10.7. The van der Waals surface area contributed by atoms with Gasteiger partial charge in [-0.25, -0.2) is 4.39 Å². The van der Waals surface area contributed by atoms with Crippen molar-refractivity contribution in [3.8, 4) is 11.5 Å². The number of hydrogen-bond acceptors (Lipinski definition) is 5. The fourth-order valence-corrected chi connectivity index (χ4v) is 4.43. The van der Waals surface area contributed by atoms with Gasteiger partial charge in [-0.2, -0.15) is 0 Å². The molecule has 1 aliphatic rings. The van der Waals surface area contributed by atoms with Crippen LogP contribution >= 0.6 is 0 Å². The summed E-state index contributed by atoms with van der Waals surface area (Å²) in [6, 6.07) is 10.7. The minimum atomic E-state index is -0.298. The summed E-state index contributed by atoms with van der Waals surface area (Å²) in [5, 5.41) is 8.73. The maximum absolute atomic E-state index is 13.5. The number of rotatable bonds is 8. The number of hydrogen-bond donors (Lipinski definition) is 1. The largest absolute Gasteiger partial charge is 0.496 e. The van der Waals surface area contributed by atoms with Crippen LogP contribution in [0.4, 0.5) is 4.39 Å². The third kappa shape index (κ3) is 4.43. The standard InChI is InChI=1S/C24H29FN2O3/c1-3-16-6-8-19(14-22(16)28-2)29-12-4-5-17-15-26-11-10-20(17)24-21-9-7-18(25)13-23(21)30-27-24/h6-9,13-14,17,20,26H,3-5,10-12,15H2,1-2H3. The van der Waals surface area contributed by atoms with Gasteiger partial charge in [-0.15, -0.1) is 0 Å². The van der Waals surface area contributed by atoms with Gasteiger partial charge >= 0.3 is 0 Å². The van der Waals surface area contributed by atoms with E-state index in [0.717, 1.165) is 61.4 Å². The zero-order chi connectivity index (χ0) is 20.9. The summed E-state index contributed by atoms with van der Waals surface area (Å²) in [5.74, 6) is 2.17. The van der Waals surface area contributed by atoms with Gasteiger partial charge in [-0.05, 0) is 68.5 Å². The summed E-state index contributed by atoms with van der Waals surface area (Å²) in [7, 11) is 1.69. The quantitative estimate of drug-likeness (QED) is 0.522. The Morgan fingerprint density at radius 3 is 2.97 bits per heavy atom. The Hall–Kier alpha value is -2.60. The molecule has 1 aliphatic heterocycles. The van der Waals surface area contributed by atoms with E-state index in [0.29, 0.717) is 24.0 Å². The van der Waals surface area contributed by atoms with Crippen LogP contribution in [0.2, 0.25) is 0 Å². The molecule has 0 radical (unpaired) electrons. The van der Waals surface area contributed by atoms with Gasteiger partial charge in [0, 0.05) is 23.4 Å². The first-order chi connectivity index (χ1) is 14.7. The second kappa shape index (κ2) is 9.47. The summed E-state index contributed by atoms with van der Waals surface area (Å²) in [6.07, 6.45) is 3.91. The van der Waals surface area contributed by atoms with E-state index in [-0.39, 0.29) is 5.82 Å². The van der Waals surface area contributed by atoms with Crippen molar-refractivity contribution in [1.82, 2.24) is 10.5 Å². The Kier molecular flexibility index (Phi) is 6.53. The zero-order valence-corrected chi connectivity index (χ0v) is 17.6. The van der Waals surface area contributed by atoms with Crippen molar-refractivity contribution in [1.29, 1.82) is 0 Å². The molecule has 3 aromatic rings. The molecule has 1 aromatic heterocycles. The molecule has 5 nitrogen and oxygen atoms in total. The van der Waals surface area contributed by atoms with Gasteiger partial charge in [0.15, 0.2) is 5.58 Å². The molecule has 2 atom stereocenters. The number of halogens is 1. The number of aryl methyl sites for hydroxylation is 1. The highest BCUT2D eigenvalue weighted by atomic mass is 19.1. The van der Waals surface area contributed by atoms with E-state index >= 15 is 0 Å². The van der Waals surface area contributed by atoms with E-state index in [2.05, 4.69) is 23.5 Å². The predicted molar refractivity (Wildman–Crippen MR) is 115 cm³/mol. The smallest absolute Gasteiger partial charge is 0.170 e. The monoisotopic (exact) mass is 412 g/mol. The summed E-state index contributed by atoms with van der Waals surface area (Å²) in [4.78, 5) is 0. The lowest BCUT2D eigenvalue weighted by Gasteiger charge is -2.31. The summed E-state index contributed by atoms with van der Waals surface area (Å²) < 4.78 is 30.3. The molecule has 0 amide bonds. The van der Waals surface area contributed by atoms with Crippen LogP contribution < -0.4 is 14.8 Å². The van der Waals surface area contributed by atoms with Crippen LogP contribution in [0.5, 0.6) is 11.5 Å². The van der Waals surface area contributed by atoms with Crippen molar-refractivity contribution in [2.24, 2.45) is 5.92 Å². The van der Waals surface area contributed by atoms with Crippen molar-refractivity contribution >= 4 is 11.0 Å². The second-order valence-corrected chi connectivity index (χ2v) is 7.89. The molecule has 160 valence electrons. The topological polar surface area (TPSA) is 56.5 Å². The predicted octanol–water partition coefficient (Wildman–Crippen LogP) is 5.09. The first-order valence-corrected chi connectivity index (χ1v) is 10.7. The molecule has 0 saturated carbocycles. The highest BCUT2D eigenvalue weighted by Gasteiger charge is 2.30. The Bertz CT molecular complexity index is 988. The molecular weight excluding hydrogens is 383 g/mol. The van der Waals surface area contributed by atoms with Crippen LogP contribution in [0.15, 0.2) is 40.9 Å². The van der Waals surface area contributed by atoms with Crippen molar-refractivity contribution in [3.05, 3.63) is 53.5 Å². The maximum atomic E-state index is 13.5. The van der Waals surface area contributed by atoms with E-state index < -0.39 is 0 Å². The van der Waals surface area contributed by atoms with Crippen LogP contribution in [0.3, 0.4) is 0 Å². The maximum Gasteiger partial charge on any atom is 0.170 e. The average molecular weight is 413 g/mol. The van der Waals surface area contributed by atoms with Crippen molar-refractivity contribution in [2.45, 2.75) is 38.5 Å². The van der Waals surface area contributed by atoms with Crippen LogP contribution in [0.1, 0.15) is 43.4 Å². The SMILES string of the molecule is CCc1ccc(OCCCC2CNCCC2c2noc3cc(F)ccc23)cc1OC. The number of aromatic nitrogens is 1. The zero-order valence-electron chi connectivity index (χ0n) is 17.6. The molecule has 2 unspecified atom stereocenters. The molecular formula is C24H29FN2O3. The Morgan fingerprint density at radius 1 is 1.23 bits per heavy atom. The number of benzene rings is 2. The Morgan fingerprint density at radius 2 is 2.13 bits per heavy atom. The number of ether oxygens (including phenoxy) is 2. The lowest BCUT2D eigenvalue weighted by atomic mass is 9.80. The van der Waals surface area contributed by atoms with Crippen LogP contribution in [0.25, 0.3) is 11.0 Å². The average Bonchev–Trinajstić information content (AvgIpc) is 3.19. The molecule has 1 fully saturated rings. The van der Waals surface area contributed by atoms with E-state index in [9.17, 15) is 4.39 Å². The molecule has 0 spiro atoms. The molecule has 2 heterocycles. The first kappa shape index (κ1) is 20.7. The Labute approximate surface area is 176 Å². The van der Waals surface area contributed by atoms with Gasteiger partial charge in [-0.3, -0.25) is 0 Å². The van der Waals surface area contributed by atoms with Gasteiger partial charge < -0.3 is 19.3 Å². The number of piperidine rings is 1. The van der Waals surface area contributed by atoms with E-state index in [1.807, 2.05) is 12.1 Å².